The van der Waals surface area contributed by atoms with Gasteiger partial charge >= 0.3 is 5.63 Å². The lowest BCUT2D eigenvalue weighted by Gasteiger charge is -2.20. The maximum Gasteiger partial charge on any atom is 0.349 e. The maximum atomic E-state index is 12.5. The molecule has 0 aliphatic heterocycles. The van der Waals surface area contributed by atoms with Crippen LogP contribution in [0.25, 0.3) is 11.0 Å². The summed E-state index contributed by atoms with van der Waals surface area (Å²) in [6.07, 6.45) is 1.55. The van der Waals surface area contributed by atoms with E-state index in [0.717, 1.165) is 12.8 Å². The van der Waals surface area contributed by atoms with Crippen LogP contribution in [-0.2, 0) is 0 Å². The molecule has 0 unspecified atom stereocenters. The van der Waals surface area contributed by atoms with Crippen LogP contribution < -0.4 is 5.63 Å². The second-order valence-electron chi connectivity index (χ2n) is 5.22. The fourth-order valence-electron chi connectivity index (χ4n) is 2.40. The van der Waals surface area contributed by atoms with Crippen molar-refractivity contribution in [2.45, 2.75) is 26.7 Å². The number of nitro benzene ring substituents is 1. The van der Waals surface area contributed by atoms with Crippen LogP contribution in [0.4, 0.5) is 5.69 Å². The van der Waals surface area contributed by atoms with Gasteiger partial charge in [0, 0.05) is 30.6 Å². The van der Waals surface area contributed by atoms with Gasteiger partial charge in [0.2, 0.25) is 0 Å². The summed E-state index contributed by atoms with van der Waals surface area (Å²) in [5.74, 6) is -0.407. The van der Waals surface area contributed by atoms with Gasteiger partial charge in [0.25, 0.3) is 11.6 Å². The highest BCUT2D eigenvalue weighted by molar-refractivity contribution is 5.96. The molecule has 0 radical (unpaired) electrons. The fraction of sp³-hybridized carbons (Fsp3) is 0.375. The largest absolute Gasteiger partial charge is 0.422 e. The van der Waals surface area contributed by atoms with Crippen molar-refractivity contribution in [2.75, 3.05) is 13.1 Å². The minimum atomic E-state index is -0.728. The lowest BCUT2D eigenvalue weighted by atomic mass is 10.1. The summed E-state index contributed by atoms with van der Waals surface area (Å²) in [6, 6.07) is 5.28. The third-order valence-electron chi connectivity index (χ3n) is 3.43. The van der Waals surface area contributed by atoms with Crippen molar-refractivity contribution in [3.8, 4) is 0 Å². The smallest absolute Gasteiger partial charge is 0.349 e. The van der Waals surface area contributed by atoms with Crippen molar-refractivity contribution in [1.29, 1.82) is 0 Å². The average molecular weight is 318 g/mol. The number of fused-ring (bicyclic) bond motifs is 1. The molecule has 1 aromatic heterocycles. The van der Waals surface area contributed by atoms with Crippen LogP contribution in [0.5, 0.6) is 0 Å². The highest BCUT2D eigenvalue weighted by Crippen LogP contribution is 2.21. The molecule has 122 valence electrons. The van der Waals surface area contributed by atoms with Crippen LogP contribution in [0.3, 0.4) is 0 Å². The Labute approximate surface area is 132 Å². The first-order chi connectivity index (χ1) is 11.0. The van der Waals surface area contributed by atoms with E-state index in [2.05, 4.69) is 0 Å². The highest BCUT2D eigenvalue weighted by atomic mass is 16.6. The number of nitro groups is 1. The Morgan fingerprint density at radius 1 is 1.22 bits per heavy atom. The lowest BCUT2D eigenvalue weighted by Crippen LogP contribution is -2.35. The van der Waals surface area contributed by atoms with Crippen LogP contribution in [0.2, 0.25) is 0 Å². The maximum absolute atomic E-state index is 12.5. The lowest BCUT2D eigenvalue weighted by molar-refractivity contribution is -0.384. The fourth-order valence-corrected chi connectivity index (χ4v) is 2.40. The number of benzene rings is 1. The Morgan fingerprint density at radius 2 is 1.87 bits per heavy atom. The van der Waals surface area contributed by atoms with E-state index in [1.54, 1.807) is 4.90 Å². The van der Waals surface area contributed by atoms with E-state index in [-0.39, 0.29) is 16.8 Å². The monoisotopic (exact) mass is 318 g/mol. The van der Waals surface area contributed by atoms with Crippen molar-refractivity contribution in [1.82, 2.24) is 4.90 Å². The molecular formula is C16H18N2O5. The Bertz CT molecular complexity index is 791. The third kappa shape index (κ3) is 3.56. The molecule has 2 aromatic rings. The Hall–Kier alpha value is -2.70. The molecule has 0 spiro atoms. The molecule has 0 aliphatic carbocycles. The second kappa shape index (κ2) is 7.04. The van der Waals surface area contributed by atoms with E-state index >= 15 is 0 Å². The van der Waals surface area contributed by atoms with Crippen LogP contribution in [-0.4, -0.2) is 28.8 Å². The van der Waals surface area contributed by atoms with Crippen LogP contribution >= 0.6 is 0 Å². The van der Waals surface area contributed by atoms with Crippen molar-refractivity contribution in [2.24, 2.45) is 0 Å². The first kappa shape index (κ1) is 16.7. The van der Waals surface area contributed by atoms with Crippen molar-refractivity contribution in [3.05, 3.63) is 50.4 Å². The number of carbonyl (C=O) groups excluding carboxylic acids is 1. The quantitative estimate of drug-likeness (QED) is 0.463. The zero-order valence-corrected chi connectivity index (χ0v) is 13.1. The number of hydrogen-bond donors (Lipinski definition) is 0. The zero-order valence-electron chi connectivity index (χ0n) is 13.1. The summed E-state index contributed by atoms with van der Waals surface area (Å²) in [7, 11) is 0. The Kier molecular flexibility index (Phi) is 5.10. The summed E-state index contributed by atoms with van der Waals surface area (Å²) in [5, 5.41) is 11.2. The standard InChI is InChI=1S/C16H18N2O5/c1-3-7-17(8-4-2)15(19)13-10-11-9-12(18(21)22)5-6-14(11)23-16(13)20/h5-6,9-10H,3-4,7-8H2,1-2H3. The van der Waals surface area contributed by atoms with Gasteiger partial charge < -0.3 is 9.32 Å². The topological polar surface area (TPSA) is 93.7 Å². The number of nitrogens with zero attached hydrogens (tertiary/aromatic N) is 2. The molecule has 7 nitrogen and oxygen atoms in total. The molecule has 0 aliphatic rings. The third-order valence-corrected chi connectivity index (χ3v) is 3.43. The molecule has 7 heteroatoms. The summed E-state index contributed by atoms with van der Waals surface area (Å²) in [5.41, 5.74) is -0.730. The van der Waals surface area contributed by atoms with Gasteiger partial charge in [0.05, 0.1) is 4.92 Å². The number of carbonyl (C=O) groups is 1. The zero-order chi connectivity index (χ0) is 17.0. The molecule has 0 saturated carbocycles. The van der Waals surface area contributed by atoms with Gasteiger partial charge in [-0.15, -0.1) is 0 Å². The minimum Gasteiger partial charge on any atom is -0.422 e. The van der Waals surface area contributed by atoms with E-state index in [1.807, 2.05) is 13.8 Å². The predicted octanol–water partition coefficient (Wildman–Crippen LogP) is 2.96. The van der Waals surface area contributed by atoms with Gasteiger partial charge in [-0.3, -0.25) is 14.9 Å². The van der Waals surface area contributed by atoms with Crippen molar-refractivity contribution < 1.29 is 14.1 Å². The van der Waals surface area contributed by atoms with Gasteiger partial charge in [0.15, 0.2) is 0 Å². The molecule has 1 aromatic carbocycles. The molecule has 0 saturated heterocycles. The molecule has 0 bridgehead atoms. The second-order valence-corrected chi connectivity index (χ2v) is 5.22. The summed E-state index contributed by atoms with van der Waals surface area (Å²) in [4.78, 5) is 36.5. The number of rotatable bonds is 6. The molecular weight excluding hydrogens is 300 g/mol. The summed E-state index contributed by atoms with van der Waals surface area (Å²) in [6.45, 7) is 4.97. The van der Waals surface area contributed by atoms with Gasteiger partial charge in [0.1, 0.15) is 11.1 Å². The first-order valence-corrected chi connectivity index (χ1v) is 7.49. The highest BCUT2D eigenvalue weighted by Gasteiger charge is 2.20. The van der Waals surface area contributed by atoms with Gasteiger partial charge in [-0.05, 0) is 25.0 Å². The number of hydrogen-bond acceptors (Lipinski definition) is 5. The number of amides is 1. The first-order valence-electron chi connectivity index (χ1n) is 7.49. The van der Waals surface area contributed by atoms with E-state index < -0.39 is 16.5 Å². The normalized spacial score (nSPS) is 10.7. The Balaban J connectivity index is 2.50. The predicted molar refractivity (Wildman–Crippen MR) is 85.6 cm³/mol. The number of non-ortho nitro benzene ring substituents is 1. The molecule has 0 N–H and O–H groups in total. The van der Waals surface area contributed by atoms with Crippen molar-refractivity contribution in [3.63, 3.8) is 0 Å². The molecule has 0 atom stereocenters. The van der Waals surface area contributed by atoms with E-state index in [4.69, 9.17) is 4.42 Å². The van der Waals surface area contributed by atoms with Gasteiger partial charge in [-0.25, -0.2) is 4.79 Å². The van der Waals surface area contributed by atoms with Gasteiger partial charge in [-0.2, -0.15) is 0 Å². The van der Waals surface area contributed by atoms with Crippen molar-refractivity contribution >= 4 is 22.6 Å². The minimum absolute atomic E-state index is 0.0973. The summed E-state index contributed by atoms with van der Waals surface area (Å²) >= 11 is 0. The molecule has 23 heavy (non-hydrogen) atoms. The SMILES string of the molecule is CCCN(CCC)C(=O)c1cc2cc([N+](=O)[O-])ccc2oc1=O. The average Bonchev–Trinajstić information content (AvgIpc) is 2.52. The van der Waals surface area contributed by atoms with Crippen LogP contribution in [0.15, 0.2) is 33.5 Å². The summed E-state index contributed by atoms with van der Waals surface area (Å²) < 4.78 is 5.13. The molecule has 0 fully saturated rings. The van der Waals surface area contributed by atoms with Crippen LogP contribution in [0.1, 0.15) is 37.0 Å². The molecule has 1 amide bonds. The van der Waals surface area contributed by atoms with E-state index in [0.29, 0.717) is 18.5 Å². The van der Waals surface area contributed by atoms with Gasteiger partial charge in [-0.1, -0.05) is 13.8 Å². The van der Waals surface area contributed by atoms with E-state index in [9.17, 15) is 19.7 Å². The van der Waals surface area contributed by atoms with E-state index in [1.165, 1.54) is 24.3 Å². The molecule has 1 heterocycles. The molecule has 2 rings (SSSR count). The Morgan fingerprint density at radius 3 is 2.43 bits per heavy atom. The van der Waals surface area contributed by atoms with Crippen LogP contribution in [0, 0.1) is 10.1 Å².